The Morgan fingerprint density at radius 2 is 2.33 bits per heavy atom. The molecule has 1 N–H and O–H groups in total. The van der Waals surface area contributed by atoms with E-state index in [1.807, 2.05) is 41.5 Å². The van der Waals surface area contributed by atoms with Gasteiger partial charge in [0.2, 0.25) is 0 Å². The Kier molecular flexibility index (Phi) is 4.03. The van der Waals surface area contributed by atoms with Gasteiger partial charge in [0.05, 0.1) is 10.7 Å². The van der Waals surface area contributed by atoms with Crippen LogP contribution in [0.15, 0.2) is 29.6 Å². The van der Waals surface area contributed by atoms with Gasteiger partial charge in [0.1, 0.15) is 0 Å². The first-order valence-electron chi connectivity index (χ1n) is 7.19. The van der Waals surface area contributed by atoms with Gasteiger partial charge in [-0.05, 0) is 26.0 Å². The lowest BCUT2D eigenvalue weighted by molar-refractivity contribution is 0.0656. The third-order valence-electron chi connectivity index (χ3n) is 3.79. The summed E-state index contributed by atoms with van der Waals surface area (Å²) in [4.78, 5) is 19.1. The second kappa shape index (κ2) is 5.95. The lowest BCUT2D eigenvalue weighted by Crippen LogP contribution is -2.52. The molecule has 3 rings (SSSR count). The van der Waals surface area contributed by atoms with E-state index in [-0.39, 0.29) is 11.9 Å². The summed E-state index contributed by atoms with van der Waals surface area (Å²) in [6.07, 6.45) is 0. The van der Waals surface area contributed by atoms with Crippen LogP contribution in [0.1, 0.15) is 22.3 Å². The van der Waals surface area contributed by atoms with Crippen LogP contribution in [0.4, 0.5) is 0 Å². The predicted octanol–water partition coefficient (Wildman–Crippen LogP) is 2.55. The number of carbonyl (C=O) groups is 1. The van der Waals surface area contributed by atoms with Crippen molar-refractivity contribution in [1.82, 2.24) is 15.2 Å². The van der Waals surface area contributed by atoms with Crippen molar-refractivity contribution >= 4 is 17.2 Å². The van der Waals surface area contributed by atoms with Gasteiger partial charge in [-0.3, -0.25) is 4.79 Å². The summed E-state index contributed by atoms with van der Waals surface area (Å²) in [5.41, 5.74) is 2.69. The minimum Gasteiger partial charge on any atom is -0.333 e. The number of nitrogens with zero attached hydrogens (tertiary/aromatic N) is 2. The second-order valence-corrected chi connectivity index (χ2v) is 6.45. The Labute approximate surface area is 128 Å². The SMILES string of the molecule is Cc1nc(-c2cccc(C(=O)N3CCNC[C@@H]3C)c2)cs1. The van der Waals surface area contributed by atoms with Gasteiger partial charge >= 0.3 is 0 Å². The standard InChI is InChI=1S/C16H19N3OS/c1-11-9-17-6-7-19(11)16(20)14-5-3-4-13(8-14)15-10-21-12(2)18-15/h3-5,8,10-11,17H,6-7,9H2,1-2H3/t11-/m0/s1. The molecule has 0 aliphatic carbocycles. The Morgan fingerprint density at radius 1 is 1.48 bits per heavy atom. The molecule has 1 fully saturated rings. The highest BCUT2D eigenvalue weighted by molar-refractivity contribution is 7.09. The molecule has 21 heavy (non-hydrogen) atoms. The van der Waals surface area contributed by atoms with E-state index in [4.69, 9.17) is 0 Å². The van der Waals surface area contributed by atoms with Crippen molar-refractivity contribution in [1.29, 1.82) is 0 Å². The average Bonchev–Trinajstić information content (AvgIpc) is 2.94. The molecule has 0 saturated carbocycles. The fourth-order valence-electron chi connectivity index (χ4n) is 2.62. The largest absolute Gasteiger partial charge is 0.333 e. The van der Waals surface area contributed by atoms with Crippen LogP contribution in [0.3, 0.4) is 0 Å². The molecule has 1 atom stereocenters. The highest BCUT2D eigenvalue weighted by Gasteiger charge is 2.24. The zero-order valence-electron chi connectivity index (χ0n) is 12.3. The van der Waals surface area contributed by atoms with Crippen LogP contribution >= 0.6 is 11.3 Å². The van der Waals surface area contributed by atoms with Crippen LogP contribution < -0.4 is 5.32 Å². The summed E-state index contributed by atoms with van der Waals surface area (Å²) in [5.74, 6) is 0.109. The van der Waals surface area contributed by atoms with E-state index < -0.39 is 0 Å². The van der Waals surface area contributed by atoms with E-state index in [0.717, 1.165) is 41.5 Å². The minimum absolute atomic E-state index is 0.109. The van der Waals surface area contributed by atoms with Crippen molar-refractivity contribution in [2.45, 2.75) is 19.9 Å². The molecule has 2 heterocycles. The number of nitrogens with one attached hydrogen (secondary N) is 1. The first-order chi connectivity index (χ1) is 10.1. The van der Waals surface area contributed by atoms with Gasteiger partial charge in [0, 0.05) is 42.2 Å². The van der Waals surface area contributed by atoms with Gasteiger partial charge in [-0.15, -0.1) is 11.3 Å². The number of aromatic nitrogens is 1. The maximum absolute atomic E-state index is 12.7. The number of aryl methyl sites for hydroxylation is 1. The molecule has 1 aromatic heterocycles. The second-order valence-electron chi connectivity index (χ2n) is 5.38. The molecule has 0 unspecified atom stereocenters. The zero-order chi connectivity index (χ0) is 14.8. The lowest BCUT2D eigenvalue weighted by atomic mass is 10.1. The average molecular weight is 301 g/mol. The summed E-state index contributed by atoms with van der Waals surface area (Å²) in [7, 11) is 0. The van der Waals surface area contributed by atoms with Crippen LogP contribution in [0.5, 0.6) is 0 Å². The first kappa shape index (κ1) is 14.2. The fraction of sp³-hybridized carbons (Fsp3) is 0.375. The number of thiazole rings is 1. The maximum Gasteiger partial charge on any atom is 0.254 e. The summed E-state index contributed by atoms with van der Waals surface area (Å²) >= 11 is 1.63. The van der Waals surface area contributed by atoms with Gasteiger partial charge in [0.25, 0.3) is 5.91 Å². The van der Waals surface area contributed by atoms with E-state index in [1.165, 1.54) is 0 Å². The van der Waals surface area contributed by atoms with Crippen LogP contribution in [-0.2, 0) is 0 Å². The molecule has 1 aliphatic heterocycles. The maximum atomic E-state index is 12.7. The molecule has 2 aromatic rings. The van der Waals surface area contributed by atoms with E-state index in [9.17, 15) is 4.79 Å². The molecule has 0 bridgehead atoms. The molecule has 1 aromatic carbocycles. The van der Waals surface area contributed by atoms with Crippen molar-refractivity contribution in [3.05, 3.63) is 40.2 Å². The predicted molar refractivity (Wildman–Crippen MR) is 85.7 cm³/mol. The number of benzene rings is 1. The molecule has 0 spiro atoms. The smallest absolute Gasteiger partial charge is 0.254 e. The highest BCUT2D eigenvalue weighted by Crippen LogP contribution is 2.23. The summed E-state index contributed by atoms with van der Waals surface area (Å²) in [6, 6.07) is 8.01. The van der Waals surface area contributed by atoms with E-state index in [2.05, 4.69) is 17.2 Å². The quantitative estimate of drug-likeness (QED) is 0.927. The van der Waals surface area contributed by atoms with Gasteiger partial charge < -0.3 is 10.2 Å². The Morgan fingerprint density at radius 3 is 3.05 bits per heavy atom. The van der Waals surface area contributed by atoms with E-state index >= 15 is 0 Å². The van der Waals surface area contributed by atoms with Gasteiger partial charge in [0.15, 0.2) is 0 Å². The number of rotatable bonds is 2. The van der Waals surface area contributed by atoms with Gasteiger partial charge in [-0.1, -0.05) is 12.1 Å². The Balaban J connectivity index is 1.87. The topological polar surface area (TPSA) is 45.2 Å². The van der Waals surface area contributed by atoms with Gasteiger partial charge in [-0.2, -0.15) is 0 Å². The van der Waals surface area contributed by atoms with Crippen molar-refractivity contribution in [2.24, 2.45) is 0 Å². The first-order valence-corrected chi connectivity index (χ1v) is 8.07. The van der Waals surface area contributed by atoms with E-state index in [1.54, 1.807) is 11.3 Å². The molecule has 5 heteroatoms. The highest BCUT2D eigenvalue weighted by atomic mass is 32.1. The zero-order valence-corrected chi connectivity index (χ0v) is 13.1. The third kappa shape index (κ3) is 2.99. The van der Waals surface area contributed by atoms with Crippen LogP contribution in [-0.4, -0.2) is 41.5 Å². The minimum atomic E-state index is 0.109. The van der Waals surface area contributed by atoms with E-state index in [0.29, 0.717) is 0 Å². The van der Waals surface area contributed by atoms with Crippen LogP contribution in [0.2, 0.25) is 0 Å². The summed E-state index contributed by atoms with van der Waals surface area (Å²) < 4.78 is 0. The number of amides is 1. The fourth-order valence-corrected chi connectivity index (χ4v) is 3.24. The molecule has 1 saturated heterocycles. The number of carbonyl (C=O) groups excluding carboxylic acids is 1. The normalized spacial score (nSPS) is 18.8. The van der Waals surface area contributed by atoms with Gasteiger partial charge in [-0.25, -0.2) is 4.98 Å². The summed E-state index contributed by atoms with van der Waals surface area (Å²) in [6.45, 7) is 6.56. The molecule has 0 radical (unpaired) electrons. The Bertz CT molecular complexity index is 652. The molecule has 110 valence electrons. The van der Waals surface area contributed by atoms with Crippen molar-refractivity contribution in [2.75, 3.05) is 19.6 Å². The van der Waals surface area contributed by atoms with Crippen molar-refractivity contribution in [3.8, 4) is 11.3 Å². The Hall–Kier alpha value is -1.72. The van der Waals surface area contributed by atoms with Crippen LogP contribution in [0, 0.1) is 6.92 Å². The molecule has 4 nitrogen and oxygen atoms in total. The third-order valence-corrected chi connectivity index (χ3v) is 4.56. The van der Waals surface area contributed by atoms with Crippen molar-refractivity contribution in [3.63, 3.8) is 0 Å². The monoisotopic (exact) mass is 301 g/mol. The van der Waals surface area contributed by atoms with Crippen LogP contribution in [0.25, 0.3) is 11.3 Å². The number of piperazine rings is 1. The number of hydrogen-bond donors (Lipinski definition) is 1. The number of hydrogen-bond acceptors (Lipinski definition) is 4. The summed E-state index contributed by atoms with van der Waals surface area (Å²) in [5, 5.41) is 6.38. The molecular formula is C16H19N3OS. The van der Waals surface area contributed by atoms with Crippen molar-refractivity contribution < 1.29 is 4.79 Å². The molecule has 1 amide bonds. The molecule has 1 aliphatic rings. The molecular weight excluding hydrogens is 282 g/mol. The lowest BCUT2D eigenvalue weighted by Gasteiger charge is -2.34.